The van der Waals surface area contributed by atoms with E-state index in [2.05, 4.69) is 16.8 Å². The highest BCUT2D eigenvalue weighted by Gasteiger charge is 2.43. The topological polar surface area (TPSA) is 53.0 Å². The molecule has 0 radical (unpaired) electrons. The molecule has 0 bridgehead atoms. The van der Waals surface area contributed by atoms with Gasteiger partial charge in [0.05, 0.1) is 6.61 Å². The zero-order valence-corrected chi connectivity index (χ0v) is 11.4. The number of hydrogen-bond donors (Lipinski definition) is 1. The predicted molar refractivity (Wildman–Crippen MR) is 68.6 cm³/mol. The summed E-state index contributed by atoms with van der Waals surface area (Å²) in [4.78, 5) is 15.9. The van der Waals surface area contributed by atoms with Gasteiger partial charge in [0, 0.05) is 26.2 Å². The van der Waals surface area contributed by atoms with Crippen LogP contribution in [0.25, 0.3) is 0 Å². The molecule has 0 aromatic heterocycles. The van der Waals surface area contributed by atoms with Crippen LogP contribution in [-0.4, -0.2) is 74.4 Å². The summed E-state index contributed by atoms with van der Waals surface area (Å²) in [5.74, 6) is -0.0384. The molecule has 2 atom stereocenters. The third-order valence-corrected chi connectivity index (χ3v) is 4.19. The molecule has 2 rings (SSSR count). The lowest BCUT2D eigenvalue weighted by Crippen LogP contribution is -2.43. The molecular weight excluding hydrogens is 232 g/mol. The molecule has 2 aliphatic rings. The van der Waals surface area contributed by atoms with Crippen LogP contribution in [0.5, 0.6) is 0 Å². The summed E-state index contributed by atoms with van der Waals surface area (Å²) in [5, 5.41) is 9.40. The molecule has 2 unspecified atom stereocenters. The van der Waals surface area contributed by atoms with Crippen LogP contribution in [0.1, 0.15) is 12.8 Å². The van der Waals surface area contributed by atoms with Crippen molar-refractivity contribution in [2.24, 2.45) is 11.3 Å². The number of hydrogen-bond acceptors (Lipinski definition) is 4. The molecule has 0 aromatic rings. The van der Waals surface area contributed by atoms with Gasteiger partial charge in [-0.3, -0.25) is 4.79 Å². The number of carboxylic acids is 1. The fourth-order valence-corrected chi connectivity index (χ4v) is 3.17. The van der Waals surface area contributed by atoms with Crippen LogP contribution in [0.15, 0.2) is 0 Å². The third-order valence-electron chi connectivity index (χ3n) is 4.19. The van der Waals surface area contributed by atoms with Gasteiger partial charge in [-0.25, -0.2) is 0 Å². The van der Waals surface area contributed by atoms with Crippen molar-refractivity contribution < 1.29 is 14.6 Å². The fourth-order valence-electron chi connectivity index (χ4n) is 3.17. The molecule has 1 N–H and O–H groups in total. The van der Waals surface area contributed by atoms with Crippen molar-refractivity contribution in [1.29, 1.82) is 0 Å². The van der Waals surface area contributed by atoms with E-state index in [1.807, 2.05) is 7.05 Å². The van der Waals surface area contributed by atoms with Crippen LogP contribution in [0.3, 0.4) is 0 Å². The minimum absolute atomic E-state index is 0.358. The molecule has 2 fully saturated rings. The summed E-state index contributed by atoms with van der Waals surface area (Å²) in [5.41, 5.74) is -0.681. The summed E-state index contributed by atoms with van der Waals surface area (Å²) >= 11 is 0. The lowest BCUT2D eigenvalue weighted by atomic mass is 9.86. The van der Waals surface area contributed by atoms with Crippen LogP contribution >= 0.6 is 0 Å². The number of likely N-dealkylation sites (tertiary alicyclic amines) is 1. The first-order valence-electron chi connectivity index (χ1n) is 6.70. The van der Waals surface area contributed by atoms with Crippen molar-refractivity contribution in [3.8, 4) is 0 Å². The number of aliphatic carboxylic acids is 1. The number of carboxylic acid groups (broad SMARTS) is 1. The molecule has 5 nitrogen and oxygen atoms in total. The van der Waals surface area contributed by atoms with E-state index in [9.17, 15) is 9.90 Å². The Balaban J connectivity index is 1.85. The SMILES string of the molecule is CN1CCC(CN(C)CC2(C(=O)O)CCOC2)C1. The van der Waals surface area contributed by atoms with Gasteiger partial charge in [0.2, 0.25) is 0 Å². The zero-order valence-electron chi connectivity index (χ0n) is 11.4. The second kappa shape index (κ2) is 5.55. The summed E-state index contributed by atoms with van der Waals surface area (Å²) in [7, 11) is 4.17. The van der Waals surface area contributed by atoms with Crippen LogP contribution in [0.4, 0.5) is 0 Å². The van der Waals surface area contributed by atoms with Crippen molar-refractivity contribution >= 4 is 5.97 Å². The summed E-state index contributed by atoms with van der Waals surface area (Å²) in [6, 6.07) is 0. The van der Waals surface area contributed by atoms with Crippen molar-refractivity contribution in [3.05, 3.63) is 0 Å². The minimum atomic E-state index is -0.713. The van der Waals surface area contributed by atoms with E-state index >= 15 is 0 Å². The molecule has 2 saturated heterocycles. The van der Waals surface area contributed by atoms with E-state index in [4.69, 9.17) is 4.74 Å². The zero-order chi connectivity index (χ0) is 13.2. The van der Waals surface area contributed by atoms with E-state index in [0.29, 0.717) is 32.1 Å². The first-order chi connectivity index (χ1) is 8.52. The monoisotopic (exact) mass is 256 g/mol. The van der Waals surface area contributed by atoms with Gasteiger partial charge in [0.15, 0.2) is 0 Å². The van der Waals surface area contributed by atoms with Crippen molar-refractivity contribution in [2.75, 3.05) is 53.5 Å². The highest BCUT2D eigenvalue weighted by Crippen LogP contribution is 2.30. The first-order valence-corrected chi connectivity index (χ1v) is 6.70. The Kier molecular flexibility index (Phi) is 4.25. The summed E-state index contributed by atoms with van der Waals surface area (Å²) in [6.07, 6.45) is 1.86. The molecule has 2 heterocycles. The molecule has 104 valence electrons. The lowest BCUT2D eigenvalue weighted by Gasteiger charge is -2.29. The minimum Gasteiger partial charge on any atom is -0.481 e. The van der Waals surface area contributed by atoms with Crippen molar-refractivity contribution in [1.82, 2.24) is 9.80 Å². The molecule has 18 heavy (non-hydrogen) atoms. The third kappa shape index (κ3) is 3.02. The van der Waals surface area contributed by atoms with Crippen molar-refractivity contribution in [3.63, 3.8) is 0 Å². The Morgan fingerprint density at radius 1 is 1.61 bits per heavy atom. The Hall–Kier alpha value is -0.650. The number of rotatable bonds is 5. The second-order valence-corrected chi connectivity index (χ2v) is 6.00. The van der Waals surface area contributed by atoms with Crippen LogP contribution < -0.4 is 0 Å². The second-order valence-electron chi connectivity index (χ2n) is 6.00. The predicted octanol–water partition coefficient (Wildman–Crippen LogP) is 0.361. The van der Waals surface area contributed by atoms with Gasteiger partial charge in [-0.15, -0.1) is 0 Å². The molecule has 0 aromatic carbocycles. The molecule has 0 amide bonds. The van der Waals surface area contributed by atoms with Crippen LogP contribution in [0, 0.1) is 11.3 Å². The lowest BCUT2D eigenvalue weighted by molar-refractivity contribution is -0.150. The van der Waals surface area contributed by atoms with Gasteiger partial charge in [0.25, 0.3) is 0 Å². The first kappa shape index (κ1) is 13.8. The quantitative estimate of drug-likeness (QED) is 0.770. The normalized spacial score (nSPS) is 33.4. The van der Waals surface area contributed by atoms with Crippen LogP contribution in [-0.2, 0) is 9.53 Å². The van der Waals surface area contributed by atoms with Gasteiger partial charge in [-0.05, 0) is 39.4 Å². The Bertz CT molecular complexity index is 303. The number of ether oxygens (including phenoxy) is 1. The van der Waals surface area contributed by atoms with Gasteiger partial charge < -0.3 is 19.6 Å². The maximum absolute atomic E-state index is 11.4. The molecule has 2 aliphatic heterocycles. The van der Waals surface area contributed by atoms with E-state index in [-0.39, 0.29) is 0 Å². The van der Waals surface area contributed by atoms with Gasteiger partial charge in [-0.1, -0.05) is 0 Å². The summed E-state index contributed by atoms with van der Waals surface area (Å²) in [6.45, 7) is 4.80. The standard InChI is InChI=1S/C13H24N2O3/c1-14-5-3-11(7-14)8-15(2)9-13(12(16)17)4-6-18-10-13/h11H,3-10H2,1-2H3,(H,16,17). The molecule has 0 saturated carbocycles. The van der Waals surface area contributed by atoms with E-state index < -0.39 is 11.4 Å². The molecule has 5 heteroatoms. The largest absolute Gasteiger partial charge is 0.481 e. The molecular formula is C13H24N2O3. The van der Waals surface area contributed by atoms with Gasteiger partial charge in [-0.2, -0.15) is 0 Å². The fraction of sp³-hybridized carbons (Fsp3) is 0.923. The van der Waals surface area contributed by atoms with Crippen LogP contribution in [0.2, 0.25) is 0 Å². The number of carbonyl (C=O) groups is 1. The average molecular weight is 256 g/mol. The number of nitrogens with zero attached hydrogens (tertiary/aromatic N) is 2. The highest BCUT2D eigenvalue weighted by atomic mass is 16.5. The Morgan fingerprint density at radius 2 is 2.39 bits per heavy atom. The average Bonchev–Trinajstić information content (AvgIpc) is 2.89. The smallest absolute Gasteiger partial charge is 0.313 e. The van der Waals surface area contributed by atoms with E-state index in [1.165, 1.54) is 6.42 Å². The Labute approximate surface area is 109 Å². The van der Waals surface area contributed by atoms with E-state index in [0.717, 1.165) is 19.6 Å². The Morgan fingerprint density at radius 3 is 2.89 bits per heavy atom. The maximum Gasteiger partial charge on any atom is 0.313 e. The van der Waals surface area contributed by atoms with E-state index in [1.54, 1.807) is 0 Å². The van der Waals surface area contributed by atoms with Gasteiger partial charge >= 0.3 is 5.97 Å². The molecule has 0 aliphatic carbocycles. The van der Waals surface area contributed by atoms with Gasteiger partial charge in [0.1, 0.15) is 5.41 Å². The van der Waals surface area contributed by atoms with Crippen molar-refractivity contribution in [2.45, 2.75) is 12.8 Å². The highest BCUT2D eigenvalue weighted by molar-refractivity contribution is 5.75. The summed E-state index contributed by atoms with van der Waals surface area (Å²) < 4.78 is 5.29. The maximum atomic E-state index is 11.4. The molecule has 0 spiro atoms.